The van der Waals surface area contributed by atoms with Crippen molar-refractivity contribution < 1.29 is 80.2 Å². The van der Waals surface area contributed by atoms with E-state index < -0.39 is 97.5 Å². The number of phosphoric acid groups is 2. The summed E-state index contributed by atoms with van der Waals surface area (Å²) in [7, 11) is -9.87. The van der Waals surface area contributed by atoms with Crippen LogP contribution in [0.5, 0.6) is 0 Å². The van der Waals surface area contributed by atoms with E-state index in [0.29, 0.717) is 25.7 Å². The van der Waals surface area contributed by atoms with E-state index >= 15 is 0 Å². The molecule has 3 N–H and O–H groups in total. The fourth-order valence-electron chi connectivity index (χ4n) is 9.37. The third-order valence-corrected chi connectivity index (χ3v) is 16.8. The minimum absolute atomic E-state index is 0.105. The van der Waals surface area contributed by atoms with Crippen molar-refractivity contribution in [3.8, 4) is 0 Å². The molecule has 0 radical (unpaired) electrons. The lowest BCUT2D eigenvalue weighted by molar-refractivity contribution is -0.161. The fraction of sp³-hybridized carbons (Fsp3) is 0.937. The van der Waals surface area contributed by atoms with Gasteiger partial charge in [0.2, 0.25) is 0 Å². The summed E-state index contributed by atoms with van der Waals surface area (Å²) in [5.41, 5.74) is 0. The molecular weight excluding hydrogens is 1090 g/mol. The van der Waals surface area contributed by atoms with Gasteiger partial charge in [-0.3, -0.25) is 37.3 Å². The SMILES string of the molecule is CCCCCCCCCCCC(=O)OC[C@H](COP(=O)(O)OC[C@@H](O)COP(=O)(O)OC[C@@H](COC(=O)CCCCCCCCC)OC(=O)CCCCCCCCCC)OC(=O)CCCCCCCCCCCCCCCCC(C)CC. The second-order valence-corrected chi connectivity index (χ2v) is 25.9. The molecule has 486 valence electrons. The topological polar surface area (TPSA) is 237 Å². The summed E-state index contributed by atoms with van der Waals surface area (Å²) in [5.74, 6) is -1.30. The van der Waals surface area contributed by atoms with Crippen molar-refractivity contribution in [3.05, 3.63) is 0 Å². The Morgan fingerprint density at radius 1 is 0.341 bits per heavy atom. The monoisotopic (exact) mass is 1210 g/mol. The smallest absolute Gasteiger partial charge is 0.462 e. The zero-order valence-electron chi connectivity index (χ0n) is 52.6. The molecule has 19 heteroatoms. The number of esters is 4. The van der Waals surface area contributed by atoms with Crippen molar-refractivity contribution in [2.75, 3.05) is 39.6 Å². The molecule has 0 amide bonds. The molecule has 0 spiro atoms. The molecule has 0 aliphatic heterocycles. The molecule has 0 aromatic heterocycles. The van der Waals surface area contributed by atoms with Crippen molar-refractivity contribution >= 4 is 39.5 Å². The third-order valence-electron chi connectivity index (χ3n) is 14.9. The summed E-state index contributed by atoms with van der Waals surface area (Å²) in [5, 5.41) is 10.5. The summed E-state index contributed by atoms with van der Waals surface area (Å²) in [6.07, 6.45) is 40.5. The number of rotatable bonds is 63. The van der Waals surface area contributed by atoms with Gasteiger partial charge < -0.3 is 33.8 Å². The predicted molar refractivity (Wildman–Crippen MR) is 326 cm³/mol. The first-order chi connectivity index (χ1) is 39.6. The molecular formula is C63H122O17P2. The Hall–Kier alpha value is -1.94. The van der Waals surface area contributed by atoms with Crippen LogP contribution < -0.4 is 0 Å². The number of carbonyl (C=O) groups is 4. The summed E-state index contributed by atoms with van der Waals surface area (Å²) in [6, 6.07) is 0. The molecule has 0 bridgehead atoms. The highest BCUT2D eigenvalue weighted by molar-refractivity contribution is 7.47. The molecule has 6 atom stereocenters. The lowest BCUT2D eigenvalue weighted by Crippen LogP contribution is -2.30. The summed E-state index contributed by atoms with van der Waals surface area (Å²) < 4.78 is 67.8. The summed E-state index contributed by atoms with van der Waals surface area (Å²) in [4.78, 5) is 71.9. The Labute approximate surface area is 498 Å². The van der Waals surface area contributed by atoms with E-state index in [4.69, 9.17) is 37.0 Å². The average molecular weight is 1210 g/mol. The highest BCUT2D eigenvalue weighted by atomic mass is 31.2. The Morgan fingerprint density at radius 2 is 0.585 bits per heavy atom. The molecule has 0 rings (SSSR count). The zero-order chi connectivity index (χ0) is 60.6. The Bertz CT molecular complexity index is 1600. The van der Waals surface area contributed by atoms with E-state index in [1.165, 1.54) is 122 Å². The molecule has 3 unspecified atom stereocenters. The minimum Gasteiger partial charge on any atom is -0.462 e. The van der Waals surface area contributed by atoms with Crippen molar-refractivity contribution in [1.82, 2.24) is 0 Å². The summed E-state index contributed by atoms with van der Waals surface area (Å²) >= 11 is 0. The summed E-state index contributed by atoms with van der Waals surface area (Å²) in [6.45, 7) is 7.16. The number of phosphoric ester groups is 2. The van der Waals surface area contributed by atoms with Gasteiger partial charge in [-0.15, -0.1) is 0 Å². The van der Waals surface area contributed by atoms with Gasteiger partial charge in [0.05, 0.1) is 26.4 Å². The van der Waals surface area contributed by atoms with Crippen LogP contribution in [0.25, 0.3) is 0 Å². The van der Waals surface area contributed by atoms with Crippen molar-refractivity contribution in [3.63, 3.8) is 0 Å². The molecule has 0 aromatic rings. The molecule has 0 aliphatic rings. The Morgan fingerprint density at radius 3 is 0.866 bits per heavy atom. The maximum absolute atomic E-state index is 13.0. The predicted octanol–water partition coefficient (Wildman–Crippen LogP) is 17.4. The van der Waals surface area contributed by atoms with Crippen LogP contribution in [0, 0.1) is 5.92 Å². The van der Waals surface area contributed by atoms with E-state index in [-0.39, 0.29) is 25.7 Å². The van der Waals surface area contributed by atoms with E-state index in [1.54, 1.807) is 0 Å². The maximum atomic E-state index is 13.0. The van der Waals surface area contributed by atoms with Crippen molar-refractivity contribution in [1.29, 1.82) is 0 Å². The lowest BCUT2D eigenvalue weighted by Gasteiger charge is -2.21. The number of carbonyl (C=O) groups excluding carboxylic acids is 4. The second-order valence-electron chi connectivity index (χ2n) is 23.0. The van der Waals surface area contributed by atoms with E-state index in [1.807, 2.05) is 0 Å². The first-order valence-electron chi connectivity index (χ1n) is 33.2. The van der Waals surface area contributed by atoms with Gasteiger partial charge in [0, 0.05) is 25.7 Å². The largest absolute Gasteiger partial charge is 0.472 e. The van der Waals surface area contributed by atoms with E-state index in [0.717, 1.165) is 115 Å². The molecule has 0 heterocycles. The molecule has 0 saturated heterocycles. The van der Waals surface area contributed by atoms with Crippen LogP contribution in [0.2, 0.25) is 0 Å². The number of hydrogen-bond donors (Lipinski definition) is 3. The van der Waals surface area contributed by atoms with Gasteiger partial charge in [-0.25, -0.2) is 9.13 Å². The first-order valence-corrected chi connectivity index (χ1v) is 36.2. The highest BCUT2D eigenvalue weighted by Gasteiger charge is 2.30. The number of ether oxygens (including phenoxy) is 4. The van der Waals surface area contributed by atoms with Crippen LogP contribution in [0.4, 0.5) is 0 Å². The lowest BCUT2D eigenvalue weighted by atomic mass is 9.99. The van der Waals surface area contributed by atoms with Crippen LogP contribution in [0.1, 0.15) is 317 Å². The van der Waals surface area contributed by atoms with Gasteiger partial charge in [0.25, 0.3) is 0 Å². The van der Waals surface area contributed by atoms with Gasteiger partial charge in [-0.05, 0) is 31.6 Å². The number of aliphatic hydroxyl groups excluding tert-OH is 1. The van der Waals surface area contributed by atoms with E-state index in [2.05, 4.69) is 34.6 Å². The molecule has 0 fully saturated rings. The number of hydrogen-bond acceptors (Lipinski definition) is 15. The number of aliphatic hydroxyl groups is 1. The molecule has 0 aromatic carbocycles. The third kappa shape index (κ3) is 55.9. The highest BCUT2D eigenvalue weighted by Crippen LogP contribution is 2.45. The first kappa shape index (κ1) is 80.1. The minimum atomic E-state index is -4.94. The van der Waals surface area contributed by atoms with Crippen LogP contribution in [0.15, 0.2) is 0 Å². The van der Waals surface area contributed by atoms with Crippen molar-refractivity contribution in [2.24, 2.45) is 5.92 Å². The van der Waals surface area contributed by atoms with Gasteiger partial charge in [-0.2, -0.15) is 0 Å². The van der Waals surface area contributed by atoms with Crippen LogP contribution in [-0.2, 0) is 65.4 Å². The molecule has 82 heavy (non-hydrogen) atoms. The standard InChI is InChI=1S/C63H122O17P2/c1-6-10-13-16-19-27-33-37-42-47-61(66)74-53-59(80-63(68)49-44-39-34-29-26-24-22-21-23-25-28-31-35-40-45-56(5)9-4)55-78-82(71,72)76-51-57(64)50-75-81(69,70)77-54-58(52-73-60(65)46-41-36-30-18-15-12-8-3)79-62(67)48-43-38-32-20-17-14-11-7-2/h56-59,64H,6-55H2,1-5H3,(H,69,70)(H,71,72)/t56?,57-,58+,59+/m0/s1. The second kappa shape index (κ2) is 56.8. The molecule has 0 aliphatic carbocycles. The Balaban J connectivity index is 5.13. The van der Waals surface area contributed by atoms with Crippen LogP contribution >= 0.6 is 15.6 Å². The van der Waals surface area contributed by atoms with Crippen LogP contribution in [0.3, 0.4) is 0 Å². The van der Waals surface area contributed by atoms with E-state index in [9.17, 15) is 43.2 Å². The van der Waals surface area contributed by atoms with Gasteiger partial charge in [0.15, 0.2) is 12.2 Å². The van der Waals surface area contributed by atoms with Gasteiger partial charge >= 0.3 is 39.5 Å². The Kier molecular flexibility index (Phi) is 55.5. The van der Waals surface area contributed by atoms with Gasteiger partial charge in [-0.1, -0.05) is 266 Å². The van der Waals surface area contributed by atoms with Crippen molar-refractivity contribution in [2.45, 2.75) is 335 Å². The number of unbranched alkanes of at least 4 members (excludes halogenated alkanes) is 34. The zero-order valence-corrected chi connectivity index (χ0v) is 54.4. The normalized spacial score (nSPS) is 14.6. The molecule has 17 nitrogen and oxygen atoms in total. The van der Waals surface area contributed by atoms with Crippen LogP contribution in [-0.4, -0.2) is 96.7 Å². The molecule has 0 saturated carbocycles. The quantitative estimate of drug-likeness (QED) is 0.0222. The average Bonchev–Trinajstić information content (AvgIpc) is 3.47. The fourth-order valence-corrected chi connectivity index (χ4v) is 11.0. The van der Waals surface area contributed by atoms with Gasteiger partial charge in [0.1, 0.15) is 19.3 Å². The maximum Gasteiger partial charge on any atom is 0.472 e.